The first-order chi connectivity index (χ1) is 9.39. The molecule has 20 heavy (non-hydrogen) atoms. The van der Waals surface area contributed by atoms with Crippen LogP contribution in [0.5, 0.6) is 0 Å². The fraction of sp³-hybridized carbons (Fsp3) is 0.643. The van der Waals surface area contributed by atoms with Crippen LogP contribution in [0.25, 0.3) is 0 Å². The molecule has 0 aromatic carbocycles. The van der Waals surface area contributed by atoms with Crippen molar-refractivity contribution >= 4 is 10.2 Å². The third kappa shape index (κ3) is 3.56. The number of aromatic nitrogens is 1. The van der Waals surface area contributed by atoms with Gasteiger partial charge in [0, 0.05) is 26.3 Å². The minimum atomic E-state index is -3.40. The first kappa shape index (κ1) is 15.4. The molecule has 1 aliphatic heterocycles. The third-order valence-electron chi connectivity index (χ3n) is 3.67. The second kappa shape index (κ2) is 6.20. The highest BCUT2D eigenvalue weighted by Gasteiger charge is 2.33. The Morgan fingerprint density at radius 1 is 1.30 bits per heavy atom. The van der Waals surface area contributed by atoms with Gasteiger partial charge in [-0.15, -0.1) is 0 Å². The van der Waals surface area contributed by atoms with Crippen LogP contribution in [-0.2, 0) is 16.8 Å². The average Bonchev–Trinajstić information content (AvgIpc) is 2.38. The molecule has 1 aromatic rings. The lowest BCUT2D eigenvalue weighted by Crippen LogP contribution is -2.48. The topological polar surface area (TPSA) is 53.5 Å². The van der Waals surface area contributed by atoms with Crippen LogP contribution in [0, 0.1) is 11.8 Å². The Hall–Kier alpha value is -0.980. The van der Waals surface area contributed by atoms with Gasteiger partial charge in [0.2, 0.25) is 0 Å². The van der Waals surface area contributed by atoms with Crippen molar-refractivity contribution in [1.82, 2.24) is 13.6 Å². The van der Waals surface area contributed by atoms with Gasteiger partial charge in [-0.1, -0.05) is 19.9 Å². The van der Waals surface area contributed by atoms with E-state index in [2.05, 4.69) is 18.8 Å². The Kier molecular flexibility index (Phi) is 4.78. The first-order valence-corrected chi connectivity index (χ1v) is 8.40. The monoisotopic (exact) mass is 297 g/mol. The molecule has 0 N–H and O–H groups in total. The van der Waals surface area contributed by atoms with Crippen molar-refractivity contribution in [2.45, 2.75) is 26.8 Å². The Morgan fingerprint density at radius 2 is 1.95 bits per heavy atom. The molecule has 2 rings (SSSR count). The Balaban J connectivity index is 2.09. The van der Waals surface area contributed by atoms with Crippen LogP contribution >= 0.6 is 0 Å². The average molecular weight is 297 g/mol. The Bertz CT molecular complexity index is 523. The molecule has 112 valence electrons. The summed E-state index contributed by atoms with van der Waals surface area (Å²) in [4.78, 5) is 4.18. The molecule has 5 nitrogen and oxygen atoms in total. The van der Waals surface area contributed by atoms with E-state index in [0.29, 0.717) is 31.5 Å². The normalized spacial score (nSPS) is 25.0. The van der Waals surface area contributed by atoms with E-state index in [9.17, 15) is 8.42 Å². The Labute approximate surface area is 121 Å². The molecule has 2 heterocycles. The number of nitrogens with zero attached hydrogens (tertiary/aromatic N) is 3. The highest BCUT2D eigenvalue weighted by Crippen LogP contribution is 2.24. The van der Waals surface area contributed by atoms with E-state index in [1.165, 1.54) is 4.31 Å². The van der Waals surface area contributed by atoms with E-state index in [1.807, 2.05) is 18.2 Å². The number of hydrogen-bond donors (Lipinski definition) is 0. The molecule has 0 bridgehead atoms. The van der Waals surface area contributed by atoms with Gasteiger partial charge < -0.3 is 0 Å². The SMILES string of the molecule is CC1CC(C)CN(S(=O)(=O)N(C)Cc2ccccn2)C1. The molecule has 0 amide bonds. The molecular weight excluding hydrogens is 274 g/mol. The molecule has 1 fully saturated rings. The van der Waals surface area contributed by atoms with Crippen LogP contribution in [0.1, 0.15) is 26.0 Å². The van der Waals surface area contributed by atoms with Gasteiger partial charge in [-0.2, -0.15) is 17.0 Å². The van der Waals surface area contributed by atoms with Crippen molar-refractivity contribution in [2.24, 2.45) is 11.8 Å². The third-order valence-corrected chi connectivity index (χ3v) is 5.53. The van der Waals surface area contributed by atoms with Crippen LogP contribution in [0.15, 0.2) is 24.4 Å². The van der Waals surface area contributed by atoms with Gasteiger partial charge in [0.15, 0.2) is 0 Å². The van der Waals surface area contributed by atoms with Crippen molar-refractivity contribution in [1.29, 1.82) is 0 Å². The minimum Gasteiger partial charge on any atom is -0.260 e. The lowest BCUT2D eigenvalue weighted by Gasteiger charge is -2.36. The van der Waals surface area contributed by atoms with Crippen molar-refractivity contribution in [3.8, 4) is 0 Å². The van der Waals surface area contributed by atoms with Gasteiger partial charge in [0.1, 0.15) is 0 Å². The molecule has 0 spiro atoms. The van der Waals surface area contributed by atoms with Gasteiger partial charge in [-0.25, -0.2) is 0 Å². The second-order valence-electron chi connectivity index (χ2n) is 5.85. The summed E-state index contributed by atoms with van der Waals surface area (Å²) < 4.78 is 28.2. The number of rotatable bonds is 4. The lowest BCUT2D eigenvalue weighted by molar-refractivity contribution is 0.211. The summed E-state index contributed by atoms with van der Waals surface area (Å²) >= 11 is 0. The van der Waals surface area contributed by atoms with E-state index >= 15 is 0 Å². The van der Waals surface area contributed by atoms with Crippen LogP contribution < -0.4 is 0 Å². The van der Waals surface area contributed by atoms with Crippen molar-refractivity contribution in [2.75, 3.05) is 20.1 Å². The van der Waals surface area contributed by atoms with Gasteiger partial charge in [0.25, 0.3) is 10.2 Å². The predicted molar refractivity (Wildman–Crippen MR) is 79.1 cm³/mol. The van der Waals surface area contributed by atoms with Crippen LogP contribution in [-0.4, -0.2) is 42.1 Å². The van der Waals surface area contributed by atoms with Gasteiger partial charge in [-0.3, -0.25) is 4.98 Å². The van der Waals surface area contributed by atoms with Gasteiger partial charge >= 0.3 is 0 Å². The maximum Gasteiger partial charge on any atom is 0.282 e. The lowest BCUT2D eigenvalue weighted by atomic mass is 9.94. The highest BCUT2D eigenvalue weighted by molar-refractivity contribution is 7.86. The van der Waals surface area contributed by atoms with E-state index in [1.54, 1.807) is 17.5 Å². The summed E-state index contributed by atoms with van der Waals surface area (Å²) in [5.74, 6) is 0.827. The maximum absolute atomic E-state index is 12.6. The molecule has 0 radical (unpaired) electrons. The number of piperidine rings is 1. The number of hydrogen-bond acceptors (Lipinski definition) is 3. The molecule has 0 saturated carbocycles. The summed E-state index contributed by atoms with van der Waals surface area (Å²) in [5.41, 5.74) is 0.761. The fourth-order valence-corrected chi connectivity index (χ4v) is 4.37. The summed E-state index contributed by atoms with van der Waals surface area (Å²) in [5, 5.41) is 0. The van der Waals surface area contributed by atoms with Crippen molar-refractivity contribution in [3.05, 3.63) is 30.1 Å². The molecule has 2 unspecified atom stereocenters. The zero-order chi connectivity index (χ0) is 14.8. The molecule has 1 aliphatic rings. The van der Waals surface area contributed by atoms with Crippen LogP contribution in [0.3, 0.4) is 0 Å². The van der Waals surface area contributed by atoms with E-state index in [4.69, 9.17) is 0 Å². The van der Waals surface area contributed by atoms with Gasteiger partial charge in [0.05, 0.1) is 12.2 Å². The predicted octanol–water partition coefficient (Wildman–Crippen LogP) is 1.74. The quantitative estimate of drug-likeness (QED) is 0.850. The zero-order valence-electron chi connectivity index (χ0n) is 12.4. The van der Waals surface area contributed by atoms with Gasteiger partial charge in [-0.05, 0) is 30.4 Å². The largest absolute Gasteiger partial charge is 0.282 e. The minimum absolute atomic E-state index is 0.308. The van der Waals surface area contributed by atoms with E-state index in [-0.39, 0.29) is 0 Å². The first-order valence-electron chi connectivity index (χ1n) is 7.01. The van der Waals surface area contributed by atoms with Crippen LogP contribution in [0.4, 0.5) is 0 Å². The maximum atomic E-state index is 12.6. The molecule has 1 saturated heterocycles. The summed E-state index contributed by atoms with van der Waals surface area (Å²) in [7, 11) is -1.78. The van der Waals surface area contributed by atoms with Crippen molar-refractivity contribution in [3.63, 3.8) is 0 Å². The van der Waals surface area contributed by atoms with Crippen LogP contribution in [0.2, 0.25) is 0 Å². The molecular formula is C14H23N3O2S. The standard InChI is InChI=1S/C14H23N3O2S/c1-12-8-13(2)10-17(9-12)20(18,19)16(3)11-14-6-4-5-7-15-14/h4-7,12-13H,8-11H2,1-3H3. The molecule has 2 atom stereocenters. The molecule has 0 aliphatic carbocycles. The van der Waals surface area contributed by atoms with E-state index in [0.717, 1.165) is 12.1 Å². The summed E-state index contributed by atoms with van der Waals surface area (Å²) in [6, 6.07) is 5.54. The summed E-state index contributed by atoms with van der Waals surface area (Å²) in [6.45, 7) is 5.74. The fourth-order valence-electron chi connectivity index (χ4n) is 2.79. The summed E-state index contributed by atoms with van der Waals surface area (Å²) in [6.07, 6.45) is 2.77. The smallest absolute Gasteiger partial charge is 0.260 e. The number of pyridine rings is 1. The molecule has 1 aromatic heterocycles. The second-order valence-corrected chi connectivity index (χ2v) is 7.88. The van der Waals surface area contributed by atoms with Crippen molar-refractivity contribution < 1.29 is 8.42 Å². The molecule has 6 heteroatoms. The highest BCUT2D eigenvalue weighted by atomic mass is 32.2. The van der Waals surface area contributed by atoms with E-state index < -0.39 is 10.2 Å². The Morgan fingerprint density at radius 3 is 2.50 bits per heavy atom. The zero-order valence-corrected chi connectivity index (χ0v) is 13.2.